The number of halogens is 4. The second-order valence-electron chi connectivity index (χ2n) is 8.81. The molecule has 1 aromatic carbocycles. The van der Waals surface area contributed by atoms with Crippen molar-refractivity contribution in [1.29, 1.82) is 0 Å². The maximum absolute atomic E-state index is 14.3. The molecule has 0 bridgehead atoms. The maximum Gasteiger partial charge on any atom is 0.387 e. The summed E-state index contributed by atoms with van der Waals surface area (Å²) in [5.41, 5.74) is 4.45. The number of hydrogen-bond donors (Lipinski definition) is 2. The van der Waals surface area contributed by atoms with E-state index in [2.05, 4.69) is 36.7 Å². The molecule has 0 saturated carbocycles. The number of rotatable bonds is 6. The van der Waals surface area contributed by atoms with Gasteiger partial charge in [-0.25, -0.2) is 9.37 Å². The molecule has 4 aromatic rings. The number of nitrogens with one attached hydrogen (secondary N) is 2. The number of ether oxygens (including phenoxy) is 1. The molecule has 0 amide bonds. The molecule has 10 heteroatoms. The number of nitrogens with zero attached hydrogens (tertiary/aromatic N) is 3. The Kier molecular flexibility index (Phi) is 6.46. The van der Waals surface area contributed by atoms with Gasteiger partial charge in [-0.3, -0.25) is 4.68 Å². The minimum Gasteiger partial charge on any atom is -0.434 e. The fourth-order valence-electron chi connectivity index (χ4n) is 4.96. The predicted molar refractivity (Wildman–Crippen MR) is 129 cm³/mol. The maximum atomic E-state index is 14.3. The monoisotopic (exact) mass is 503 g/mol. The topological polar surface area (TPSA) is 67.8 Å². The molecular formula is C25H25ClF3N5O. The Balaban J connectivity index is 1.55. The highest BCUT2D eigenvalue weighted by Crippen LogP contribution is 2.41. The van der Waals surface area contributed by atoms with Crippen molar-refractivity contribution >= 4 is 22.6 Å². The van der Waals surface area contributed by atoms with Crippen LogP contribution in [0.3, 0.4) is 0 Å². The molecule has 1 aliphatic rings. The Morgan fingerprint density at radius 2 is 1.97 bits per heavy atom. The van der Waals surface area contributed by atoms with Crippen molar-refractivity contribution in [2.45, 2.75) is 45.3 Å². The fraction of sp³-hybridized carbons (Fsp3) is 0.360. The first-order valence-electron chi connectivity index (χ1n) is 11.5. The van der Waals surface area contributed by atoms with Crippen LogP contribution in [0.5, 0.6) is 5.75 Å². The van der Waals surface area contributed by atoms with Gasteiger partial charge in [-0.15, -0.1) is 0 Å². The second-order valence-corrected chi connectivity index (χ2v) is 9.18. The molecule has 3 aromatic heterocycles. The molecule has 1 atom stereocenters. The van der Waals surface area contributed by atoms with E-state index in [0.29, 0.717) is 11.7 Å². The third-order valence-electron chi connectivity index (χ3n) is 6.78. The molecule has 0 spiro atoms. The molecule has 6 nitrogen and oxygen atoms in total. The van der Waals surface area contributed by atoms with Crippen LogP contribution >= 0.6 is 11.6 Å². The van der Waals surface area contributed by atoms with E-state index >= 15 is 0 Å². The number of hydrogen-bond acceptors (Lipinski definition) is 4. The lowest BCUT2D eigenvalue weighted by Crippen LogP contribution is -2.30. The third-order valence-corrected chi connectivity index (χ3v) is 7.17. The zero-order valence-corrected chi connectivity index (χ0v) is 20.0. The molecule has 1 saturated heterocycles. The van der Waals surface area contributed by atoms with Crippen LogP contribution < -0.4 is 10.1 Å². The van der Waals surface area contributed by atoms with Crippen molar-refractivity contribution in [2.75, 3.05) is 13.1 Å². The highest BCUT2D eigenvalue weighted by molar-refractivity contribution is 6.31. The molecule has 5 rings (SSSR count). The minimum atomic E-state index is -3.06. The normalized spacial score (nSPS) is 15.7. The number of fused-ring (bicyclic) bond motifs is 1. The van der Waals surface area contributed by atoms with Gasteiger partial charge < -0.3 is 15.0 Å². The molecule has 2 N–H and O–H groups in total. The van der Waals surface area contributed by atoms with Crippen LogP contribution in [-0.2, 0) is 0 Å². The van der Waals surface area contributed by atoms with Crippen molar-refractivity contribution < 1.29 is 17.9 Å². The zero-order chi connectivity index (χ0) is 24.7. The number of aromatic amines is 1. The summed E-state index contributed by atoms with van der Waals surface area (Å²) in [6, 6.07) is 4.54. The van der Waals surface area contributed by atoms with Crippen molar-refractivity contribution in [2.24, 2.45) is 0 Å². The van der Waals surface area contributed by atoms with Gasteiger partial charge in [-0.2, -0.15) is 13.9 Å². The van der Waals surface area contributed by atoms with Crippen molar-refractivity contribution in [3.05, 3.63) is 64.5 Å². The molecule has 4 heterocycles. The van der Waals surface area contributed by atoms with Crippen LogP contribution in [0.1, 0.15) is 48.5 Å². The predicted octanol–water partition coefficient (Wildman–Crippen LogP) is 6.21. The Labute approximate surface area is 205 Å². The first kappa shape index (κ1) is 23.7. The molecule has 0 radical (unpaired) electrons. The van der Waals surface area contributed by atoms with E-state index in [0.717, 1.165) is 59.8 Å². The molecule has 1 unspecified atom stereocenters. The van der Waals surface area contributed by atoms with E-state index in [-0.39, 0.29) is 16.3 Å². The summed E-state index contributed by atoms with van der Waals surface area (Å²) >= 11 is 6.23. The first-order chi connectivity index (χ1) is 16.8. The van der Waals surface area contributed by atoms with Crippen LogP contribution in [0.2, 0.25) is 5.02 Å². The SMILES string of the molecule is Cc1c(-c2cnc3[nH]cc(C(C)c4c(OC(F)F)ccc(F)c4Cl)c3c2)cnn1C1CCNCC1. The number of benzene rings is 1. The molecule has 0 aliphatic carbocycles. The van der Waals surface area contributed by atoms with E-state index in [1.54, 1.807) is 19.3 Å². The van der Waals surface area contributed by atoms with Gasteiger partial charge in [0.1, 0.15) is 17.2 Å². The zero-order valence-electron chi connectivity index (χ0n) is 19.3. The highest BCUT2D eigenvalue weighted by Gasteiger charge is 2.25. The Morgan fingerprint density at radius 1 is 1.20 bits per heavy atom. The lowest BCUT2D eigenvalue weighted by Gasteiger charge is -2.24. The number of H-pyrrole nitrogens is 1. The first-order valence-corrected chi connectivity index (χ1v) is 11.9. The van der Waals surface area contributed by atoms with Gasteiger partial charge >= 0.3 is 6.61 Å². The van der Waals surface area contributed by atoms with Crippen LogP contribution in [0.15, 0.2) is 36.8 Å². The Bertz CT molecular complexity index is 1360. The summed E-state index contributed by atoms with van der Waals surface area (Å²) in [6.07, 6.45) is 7.43. The van der Waals surface area contributed by atoms with E-state index < -0.39 is 18.3 Å². The summed E-state index contributed by atoms with van der Waals surface area (Å²) < 4.78 is 47.1. The summed E-state index contributed by atoms with van der Waals surface area (Å²) in [5, 5.41) is 8.57. The minimum absolute atomic E-state index is 0.156. The average molecular weight is 504 g/mol. The number of alkyl halides is 2. The van der Waals surface area contributed by atoms with Crippen molar-refractivity contribution in [1.82, 2.24) is 25.1 Å². The van der Waals surface area contributed by atoms with E-state index in [4.69, 9.17) is 11.6 Å². The van der Waals surface area contributed by atoms with Gasteiger partial charge in [-0.05, 0) is 56.6 Å². The highest BCUT2D eigenvalue weighted by atomic mass is 35.5. The van der Waals surface area contributed by atoms with Gasteiger partial charge in [0.25, 0.3) is 0 Å². The number of pyridine rings is 1. The van der Waals surface area contributed by atoms with Crippen molar-refractivity contribution in [3.63, 3.8) is 0 Å². The number of aromatic nitrogens is 4. The summed E-state index contributed by atoms with van der Waals surface area (Å²) in [6.45, 7) is 2.71. The van der Waals surface area contributed by atoms with E-state index in [1.807, 2.05) is 12.3 Å². The summed E-state index contributed by atoms with van der Waals surface area (Å²) in [7, 11) is 0. The smallest absolute Gasteiger partial charge is 0.387 e. The molecule has 35 heavy (non-hydrogen) atoms. The van der Waals surface area contributed by atoms with Crippen LogP contribution in [0.25, 0.3) is 22.2 Å². The van der Waals surface area contributed by atoms with E-state index in [1.165, 1.54) is 6.07 Å². The number of piperidine rings is 1. The Morgan fingerprint density at radius 3 is 2.71 bits per heavy atom. The molecule has 184 valence electrons. The van der Waals surface area contributed by atoms with Crippen molar-refractivity contribution in [3.8, 4) is 16.9 Å². The van der Waals surface area contributed by atoms with E-state index in [9.17, 15) is 13.2 Å². The summed E-state index contributed by atoms with van der Waals surface area (Å²) in [4.78, 5) is 7.69. The fourth-order valence-corrected chi connectivity index (χ4v) is 5.28. The average Bonchev–Trinajstić information content (AvgIpc) is 3.44. The van der Waals surface area contributed by atoms with Gasteiger partial charge in [-0.1, -0.05) is 18.5 Å². The van der Waals surface area contributed by atoms with Crippen LogP contribution in [0, 0.1) is 12.7 Å². The largest absolute Gasteiger partial charge is 0.434 e. The lowest BCUT2D eigenvalue weighted by atomic mass is 9.91. The van der Waals surface area contributed by atoms with Gasteiger partial charge in [0.15, 0.2) is 0 Å². The Hall–Kier alpha value is -3.04. The van der Waals surface area contributed by atoms with Gasteiger partial charge in [0.2, 0.25) is 0 Å². The van der Waals surface area contributed by atoms with Gasteiger partial charge in [0, 0.05) is 46.1 Å². The molecular weight excluding hydrogens is 479 g/mol. The van der Waals surface area contributed by atoms with Crippen LogP contribution in [0.4, 0.5) is 13.2 Å². The molecule has 1 fully saturated rings. The lowest BCUT2D eigenvalue weighted by molar-refractivity contribution is -0.0505. The summed E-state index contributed by atoms with van der Waals surface area (Å²) in [5.74, 6) is -1.40. The third kappa shape index (κ3) is 4.38. The standard InChI is InChI=1S/C25H25ClF3N5O/c1-13(22-21(35-25(28)29)4-3-20(27)23(22)26)18-11-32-24-17(18)9-15(10-31-24)19-12-33-34(14(19)2)16-5-7-30-8-6-16/h3-4,9-13,16,25,30H,5-8H2,1-2H3,(H,31,32). The molecule has 1 aliphatic heterocycles. The quantitative estimate of drug-likeness (QED) is 0.328. The van der Waals surface area contributed by atoms with Crippen LogP contribution in [-0.4, -0.2) is 39.4 Å². The van der Waals surface area contributed by atoms with Gasteiger partial charge in [0.05, 0.1) is 17.3 Å². The second kappa shape index (κ2) is 9.54.